The van der Waals surface area contributed by atoms with Crippen molar-refractivity contribution in [3.8, 4) is 0 Å². The van der Waals surface area contributed by atoms with E-state index in [1.807, 2.05) is 44.2 Å². The molecule has 1 heteroatoms. The molecule has 0 bridgehead atoms. The highest BCUT2D eigenvalue weighted by molar-refractivity contribution is 5.89. The molecule has 76 valence electrons. The van der Waals surface area contributed by atoms with E-state index in [0.29, 0.717) is 12.2 Å². The Morgan fingerprint density at radius 3 is 2.21 bits per heavy atom. The maximum Gasteiger partial charge on any atom is 0.142 e. The predicted octanol–water partition coefficient (Wildman–Crippen LogP) is 3.33. The van der Waals surface area contributed by atoms with Gasteiger partial charge in [-0.15, -0.1) is 0 Å². The zero-order valence-electron chi connectivity index (χ0n) is 9.21. The minimum atomic E-state index is -0.296. The molecule has 0 saturated carbocycles. The molecule has 0 fully saturated rings. The van der Waals surface area contributed by atoms with Crippen LogP contribution in [0.4, 0.5) is 0 Å². The van der Waals surface area contributed by atoms with E-state index in [1.165, 1.54) is 0 Å². The molecule has 1 rings (SSSR count). The highest BCUT2D eigenvalue weighted by atomic mass is 16.1. The van der Waals surface area contributed by atoms with Crippen LogP contribution in [0.5, 0.6) is 0 Å². The number of rotatable bonds is 4. The topological polar surface area (TPSA) is 17.1 Å². The summed E-state index contributed by atoms with van der Waals surface area (Å²) >= 11 is 0. The highest BCUT2D eigenvalue weighted by Gasteiger charge is 2.31. The van der Waals surface area contributed by atoms with Crippen molar-refractivity contribution >= 4 is 5.78 Å². The van der Waals surface area contributed by atoms with Crippen LogP contribution in [-0.2, 0) is 10.2 Å². The maximum atomic E-state index is 11.9. The maximum absolute atomic E-state index is 11.9. The molecular formula is C13H18O. The number of carbonyl (C=O) groups is 1. The molecule has 0 amide bonds. The fraction of sp³-hybridized carbons (Fsp3) is 0.462. The molecule has 0 aliphatic carbocycles. The van der Waals surface area contributed by atoms with Crippen LogP contribution >= 0.6 is 0 Å². The van der Waals surface area contributed by atoms with E-state index in [1.54, 1.807) is 0 Å². The van der Waals surface area contributed by atoms with E-state index in [9.17, 15) is 4.79 Å². The lowest BCUT2D eigenvalue weighted by Crippen LogP contribution is -2.31. The van der Waals surface area contributed by atoms with E-state index >= 15 is 0 Å². The molecule has 0 heterocycles. The highest BCUT2D eigenvalue weighted by Crippen LogP contribution is 2.29. The van der Waals surface area contributed by atoms with Crippen LogP contribution in [-0.4, -0.2) is 5.78 Å². The quantitative estimate of drug-likeness (QED) is 0.711. The summed E-state index contributed by atoms with van der Waals surface area (Å²) in [5.74, 6) is 0.325. The van der Waals surface area contributed by atoms with E-state index in [2.05, 4.69) is 6.92 Å². The molecule has 1 aromatic carbocycles. The Morgan fingerprint density at radius 2 is 1.79 bits per heavy atom. The first-order chi connectivity index (χ1) is 6.65. The Kier molecular flexibility index (Phi) is 3.45. The van der Waals surface area contributed by atoms with Gasteiger partial charge in [0, 0.05) is 6.42 Å². The van der Waals surface area contributed by atoms with Crippen LogP contribution < -0.4 is 0 Å². The van der Waals surface area contributed by atoms with Gasteiger partial charge in [0.05, 0.1) is 5.41 Å². The van der Waals surface area contributed by atoms with Gasteiger partial charge in [0.25, 0.3) is 0 Å². The lowest BCUT2D eigenvalue weighted by atomic mass is 9.75. The summed E-state index contributed by atoms with van der Waals surface area (Å²) in [6, 6.07) is 10.0. The summed E-state index contributed by atoms with van der Waals surface area (Å²) in [6.07, 6.45) is 1.48. The first kappa shape index (κ1) is 11.0. The largest absolute Gasteiger partial charge is 0.299 e. The van der Waals surface area contributed by atoms with E-state index in [-0.39, 0.29) is 5.41 Å². The molecule has 0 saturated heterocycles. The Balaban J connectivity index is 3.08. The summed E-state index contributed by atoms with van der Waals surface area (Å²) in [6.45, 7) is 6.04. The molecule has 1 aromatic rings. The molecule has 0 aliphatic rings. The Bertz CT molecular complexity index is 302. The minimum Gasteiger partial charge on any atom is -0.299 e. The zero-order chi connectivity index (χ0) is 10.6. The van der Waals surface area contributed by atoms with Crippen molar-refractivity contribution in [1.29, 1.82) is 0 Å². The van der Waals surface area contributed by atoms with Gasteiger partial charge < -0.3 is 0 Å². The monoisotopic (exact) mass is 190 g/mol. The van der Waals surface area contributed by atoms with Crippen LogP contribution in [0.25, 0.3) is 0 Å². The molecule has 0 radical (unpaired) electrons. The third-order valence-electron chi connectivity index (χ3n) is 3.05. The van der Waals surface area contributed by atoms with Crippen molar-refractivity contribution in [3.63, 3.8) is 0 Å². The van der Waals surface area contributed by atoms with Crippen molar-refractivity contribution < 1.29 is 4.79 Å². The van der Waals surface area contributed by atoms with Gasteiger partial charge in [-0.2, -0.15) is 0 Å². The second-order valence-corrected chi connectivity index (χ2v) is 3.83. The van der Waals surface area contributed by atoms with Crippen molar-refractivity contribution in [1.82, 2.24) is 0 Å². The summed E-state index contributed by atoms with van der Waals surface area (Å²) < 4.78 is 0. The predicted molar refractivity (Wildman–Crippen MR) is 59.4 cm³/mol. The minimum absolute atomic E-state index is 0.296. The molecule has 14 heavy (non-hydrogen) atoms. The average molecular weight is 190 g/mol. The van der Waals surface area contributed by atoms with Crippen molar-refractivity contribution in [2.45, 2.75) is 39.0 Å². The summed E-state index contributed by atoms with van der Waals surface area (Å²) in [5, 5.41) is 0. The van der Waals surface area contributed by atoms with Gasteiger partial charge in [-0.05, 0) is 18.9 Å². The van der Waals surface area contributed by atoms with Gasteiger partial charge in [0.1, 0.15) is 5.78 Å². The number of benzene rings is 1. The lowest BCUT2D eigenvalue weighted by Gasteiger charge is -2.26. The first-order valence-corrected chi connectivity index (χ1v) is 5.24. The standard InChI is InChI=1S/C13H18O/c1-4-12(14)13(3,5-2)11-9-7-6-8-10-11/h6-10H,4-5H2,1-3H3/t13-/m0/s1. The fourth-order valence-electron chi connectivity index (χ4n) is 1.76. The number of hydrogen-bond acceptors (Lipinski definition) is 1. The molecule has 0 spiro atoms. The number of Topliss-reactive ketones (excluding diaryl/α,β-unsaturated/α-hetero) is 1. The van der Waals surface area contributed by atoms with E-state index in [0.717, 1.165) is 12.0 Å². The Morgan fingerprint density at radius 1 is 1.21 bits per heavy atom. The molecular weight excluding hydrogens is 172 g/mol. The van der Waals surface area contributed by atoms with Crippen LogP contribution in [0.15, 0.2) is 30.3 Å². The van der Waals surface area contributed by atoms with Gasteiger partial charge in [0.15, 0.2) is 0 Å². The molecule has 0 aromatic heterocycles. The lowest BCUT2D eigenvalue weighted by molar-refractivity contribution is -0.123. The third-order valence-corrected chi connectivity index (χ3v) is 3.05. The van der Waals surface area contributed by atoms with Gasteiger partial charge in [-0.1, -0.05) is 44.2 Å². The fourth-order valence-corrected chi connectivity index (χ4v) is 1.76. The summed E-state index contributed by atoms with van der Waals surface area (Å²) in [5.41, 5.74) is 0.838. The molecule has 0 aliphatic heterocycles. The Labute approximate surface area is 86.1 Å². The summed E-state index contributed by atoms with van der Waals surface area (Å²) in [4.78, 5) is 11.9. The number of ketones is 1. The molecule has 0 N–H and O–H groups in total. The van der Waals surface area contributed by atoms with Crippen molar-refractivity contribution in [2.24, 2.45) is 0 Å². The average Bonchev–Trinajstić information content (AvgIpc) is 2.28. The van der Waals surface area contributed by atoms with Crippen molar-refractivity contribution in [2.75, 3.05) is 0 Å². The van der Waals surface area contributed by atoms with E-state index in [4.69, 9.17) is 0 Å². The van der Waals surface area contributed by atoms with Gasteiger partial charge in [-0.25, -0.2) is 0 Å². The van der Waals surface area contributed by atoms with Crippen LogP contribution in [0.2, 0.25) is 0 Å². The molecule has 1 nitrogen and oxygen atoms in total. The van der Waals surface area contributed by atoms with E-state index < -0.39 is 0 Å². The molecule has 1 atom stereocenters. The number of hydrogen-bond donors (Lipinski definition) is 0. The second-order valence-electron chi connectivity index (χ2n) is 3.83. The third kappa shape index (κ3) is 1.87. The van der Waals surface area contributed by atoms with Gasteiger partial charge in [-0.3, -0.25) is 4.79 Å². The van der Waals surface area contributed by atoms with Gasteiger partial charge in [0.2, 0.25) is 0 Å². The van der Waals surface area contributed by atoms with Crippen LogP contribution in [0, 0.1) is 0 Å². The summed E-state index contributed by atoms with van der Waals surface area (Å²) in [7, 11) is 0. The van der Waals surface area contributed by atoms with Crippen molar-refractivity contribution in [3.05, 3.63) is 35.9 Å². The Hall–Kier alpha value is -1.11. The second kappa shape index (κ2) is 4.41. The smallest absolute Gasteiger partial charge is 0.142 e. The van der Waals surface area contributed by atoms with Crippen LogP contribution in [0.1, 0.15) is 39.2 Å². The normalized spacial score (nSPS) is 14.8. The zero-order valence-corrected chi connectivity index (χ0v) is 9.21. The SMILES string of the molecule is CCC(=O)[C@@](C)(CC)c1ccccc1. The van der Waals surface area contributed by atoms with Crippen LogP contribution in [0.3, 0.4) is 0 Å². The number of carbonyl (C=O) groups excluding carboxylic acids is 1. The first-order valence-electron chi connectivity index (χ1n) is 5.24. The van der Waals surface area contributed by atoms with Gasteiger partial charge >= 0.3 is 0 Å². The molecule has 0 unspecified atom stereocenters.